The molecule has 112 valence electrons. The van der Waals surface area contributed by atoms with Crippen molar-refractivity contribution < 1.29 is 14.3 Å². The maximum atomic E-state index is 13.8. The molecule has 1 saturated carbocycles. The second-order valence-electron chi connectivity index (χ2n) is 5.05. The molecule has 0 aromatic heterocycles. The van der Waals surface area contributed by atoms with E-state index in [0.717, 1.165) is 25.7 Å². The van der Waals surface area contributed by atoms with Gasteiger partial charge in [0.2, 0.25) is 0 Å². The van der Waals surface area contributed by atoms with Crippen LogP contribution in [0.3, 0.4) is 0 Å². The number of anilines is 1. The first-order valence-electron chi connectivity index (χ1n) is 7.16. The summed E-state index contributed by atoms with van der Waals surface area (Å²) < 4.78 is 13.8. The fraction of sp³-hybridized carbons (Fsp3) is 0.438. The van der Waals surface area contributed by atoms with Crippen LogP contribution in [-0.4, -0.2) is 23.8 Å². The molecule has 0 bridgehead atoms. The number of urea groups is 1. The molecular weight excluding hydrogens is 271 g/mol. The number of hydrogen-bond donors (Lipinski definition) is 3. The SMILES string of the molecule is O=C(Nc1ccc(C#CCCO)c(F)c1)NC1CCCC1. The lowest BCUT2D eigenvalue weighted by atomic mass is 10.2. The average Bonchev–Trinajstić information content (AvgIpc) is 2.94. The zero-order valence-corrected chi connectivity index (χ0v) is 11.8. The van der Waals surface area contributed by atoms with Crippen molar-refractivity contribution in [1.29, 1.82) is 0 Å². The molecule has 1 aromatic rings. The van der Waals surface area contributed by atoms with Crippen molar-refractivity contribution in [1.82, 2.24) is 5.32 Å². The van der Waals surface area contributed by atoms with E-state index in [1.807, 2.05) is 0 Å². The van der Waals surface area contributed by atoms with E-state index in [1.165, 1.54) is 12.1 Å². The van der Waals surface area contributed by atoms with E-state index in [1.54, 1.807) is 6.07 Å². The Morgan fingerprint density at radius 1 is 1.38 bits per heavy atom. The van der Waals surface area contributed by atoms with Gasteiger partial charge in [-0.1, -0.05) is 24.7 Å². The monoisotopic (exact) mass is 290 g/mol. The van der Waals surface area contributed by atoms with Crippen LogP contribution in [0.2, 0.25) is 0 Å². The molecule has 0 heterocycles. The predicted molar refractivity (Wildman–Crippen MR) is 79.4 cm³/mol. The molecule has 0 spiro atoms. The van der Waals surface area contributed by atoms with Gasteiger partial charge in [0.1, 0.15) is 5.82 Å². The molecule has 5 heteroatoms. The van der Waals surface area contributed by atoms with Gasteiger partial charge in [-0.3, -0.25) is 0 Å². The van der Waals surface area contributed by atoms with Crippen LogP contribution in [0.4, 0.5) is 14.9 Å². The highest BCUT2D eigenvalue weighted by Crippen LogP contribution is 2.18. The molecule has 2 amide bonds. The first-order chi connectivity index (χ1) is 10.2. The zero-order valence-electron chi connectivity index (χ0n) is 11.8. The largest absolute Gasteiger partial charge is 0.395 e. The highest BCUT2D eigenvalue weighted by molar-refractivity contribution is 5.89. The van der Waals surface area contributed by atoms with Gasteiger partial charge in [-0.15, -0.1) is 0 Å². The summed E-state index contributed by atoms with van der Waals surface area (Å²) in [5.74, 6) is 4.81. The Hall–Kier alpha value is -2.06. The van der Waals surface area contributed by atoms with Gasteiger partial charge in [0.05, 0.1) is 12.2 Å². The average molecular weight is 290 g/mol. The molecule has 0 unspecified atom stereocenters. The van der Waals surface area contributed by atoms with Gasteiger partial charge in [0.25, 0.3) is 0 Å². The van der Waals surface area contributed by atoms with Crippen molar-refractivity contribution >= 4 is 11.7 Å². The van der Waals surface area contributed by atoms with E-state index in [-0.39, 0.29) is 24.2 Å². The predicted octanol–water partition coefficient (Wildman–Crippen LogP) is 2.62. The number of rotatable bonds is 3. The summed E-state index contributed by atoms with van der Waals surface area (Å²) >= 11 is 0. The summed E-state index contributed by atoms with van der Waals surface area (Å²) in [6.45, 7) is -0.0460. The lowest BCUT2D eigenvalue weighted by Crippen LogP contribution is -2.36. The molecular formula is C16H19FN2O2. The third-order valence-corrected chi connectivity index (χ3v) is 3.38. The summed E-state index contributed by atoms with van der Waals surface area (Å²) in [6, 6.07) is 4.29. The first kappa shape index (κ1) is 15.3. The number of aliphatic hydroxyl groups excluding tert-OH is 1. The topological polar surface area (TPSA) is 61.4 Å². The number of carbonyl (C=O) groups is 1. The summed E-state index contributed by atoms with van der Waals surface area (Å²) in [5.41, 5.74) is 0.654. The van der Waals surface area contributed by atoms with Gasteiger partial charge in [-0.2, -0.15) is 0 Å². The van der Waals surface area contributed by atoms with E-state index < -0.39 is 5.82 Å². The van der Waals surface area contributed by atoms with Crippen LogP contribution in [0.1, 0.15) is 37.7 Å². The maximum absolute atomic E-state index is 13.8. The van der Waals surface area contributed by atoms with E-state index in [2.05, 4.69) is 22.5 Å². The van der Waals surface area contributed by atoms with Crippen molar-refractivity contribution in [3.05, 3.63) is 29.6 Å². The summed E-state index contributed by atoms with van der Waals surface area (Å²) in [6.07, 6.45) is 4.59. The molecule has 1 fully saturated rings. The minimum absolute atomic E-state index is 0.0460. The van der Waals surface area contributed by atoms with Gasteiger partial charge in [-0.05, 0) is 31.0 Å². The Labute approximate surface area is 123 Å². The van der Waals surface area contributed by atoms with E-state index >= 15 is 0 Å². The van der Waals surface area contributed by atoms with Gasteiger partial charge < -0.3 is 15.7 Å². The van der Waals surface area contributed by atoms with Crippen molar-refractivity contribution in [3.63, 3.8) is 0 Å². The van der Waals surface area contributed by atoms with Crippen molar-refractivity contribution in [2.75, 3.05) is 11.9 Å². The Morgan fingerprint density at radius 2 is 2.14 bits per heavy atom. The Kier molecular flexibility index (Phi) is 5.59. The third kappa shape index (κ3) is 4.76. The van der Waals surface area contributed by atoms with Crippen molar-refractivity contribution in [3.8, 4) is 11.8 Å². The van der Waals surface area contributed by atoms with Crippen LogP contribution in [0, 0.1) is 17.7 Å². The van der Waals surface area contributed by atoms with Crippen LogP contribution >= 0.6 is 0 Å². The molecule has 4 nitrogen and oxygen atoms in total. The minimum Gasteiger partial charge on any atom is -0.395 e. The van der Waals surface area contributed by atoms with E-state index in [0.29, 0.717) is 12.1 Å². The van der Waals surface area contributed by atoms with Gasteiger partial charge in [0, 0.05) is 18.2 Å². The lowest BCUT2D eigenvalue weighted by Gasteiger charge is -2.13. The lowest BCUT2D eigenvalue weighted by molar-refractivity contribution is 0.248. The Bertz CT molecular complexity index is 557. The normalized spacial score (nSPS) is 14.4. The molecule has 2 rings (SSSR count). The highest BCUT2D eigenvalue weighted by atomic mass is 19.1. The number of amides is 2. The number of halogens is 1. The summed E-state index contributed by atoms with van der Waals surface area (Å²) in [5, 5.41) is 14.1. The standard InChI is InChI=1S/C16H19FN2O2/c17-15-11-14(9-8-12(15)5-3-4-10-20)19-16(21)18-13-6-1-2-7-13/h8-9,11,13,20H,1-2,4,6-7,10H2,(H2,18,19,21). The van der Waals surface area contributed by atoms with Crippen LogP contribution < -0.4 is 10.6 Å². The van der Waals surface area contributed by atoms with Gasteiger partial charge in [0.15, 0.2) is 0 Å². The molecule has 1 aliphatic rings. The Morgan fingerprint density at radius 3 is 2.81 bits per heavy atom. The quantitative estimate of drug-likeness (QED) is 0.749. The summed E-state index contributed by atoms with van der Waals surface area (Å²) in [7, 11) is 0. The van der Waals surface area contributed by atoms with Crippen LogP contribution in [0.5, 0.6) is 0 Å². The van der Waals surface area contributed by atoms with Crippen LogP contribution in [0.25, 0.3) is 0 Å². The molecule has 0 atom stereocenters. The van der Waals surface area contributed by atoms with Crippen molar-refractivity contribution in [2.45, 2.75) is 38.1 Å². The summed E-state index contributed by atoms with van der Waals surface area (Å²) in [4.78, 5) is 11.8. The zero-order chi connectivity index (χ0) is 15.1. The number of nitrogens with one attached hydrogen (secondary N) is 2. The maximum Gasteiger partial charge on any atom is 0.319 e. The number of benzene rings is 1. The van der Waals surface area contributed by atoms with Crippen LogP contribution in [0.15, 0.2) is 18.2 Å². The number of carbonyl (C=O) groups excluding carboxylic acids is 1. The van der Waals surface area contributed by atoms with Crippen LogP contribution in [-0.2, 0) is 0 Å². The fourth-order valence-corrected chi connectivity index (χ4v) is 2.33. The smallest absolute Gasteiger partial charge is 0.319 e. The van der Waals surface area contributed by atoms with Gasteiger partial charge >= 0.3 is 6.03 Å². The molecule has 3 N–H and O–H groups in total. The third-order valence-electron chi connectivity index (χ3n) is 3.38. The van der Waals surface area contributed by atoms with Gasteiger partial charge in [-0.25, -0.2) is 9.18 Å². The number of aliphatic hydroxyl groups is 1. The molecule has 0 aliphatic heterocycles. The fourth-order valence-electron chi connectivity index (χ4n) is 2.33. The highest BCUT2D eigenvalue weighted by Gasteiger charge is 2.17. The molecule has 21 heavy (non-hydrogen) atoms. The molecule has 1 aliphatic carbocycles. The number of hydrogen-bond acceptors (Lipinski definition) is 2. The second kappa shape index (κ2) is 7.65. The van der Waals surface area contributed by atoms with E-state index in [4.69, 9.17) is 5.11 Å². The van der Waals surface area contributed by atoms with Crippen molar-refractivity contribution in [2.24, 2.45) is 0 Å². The minimum atomic E-state index is -0.487. The first-order valence-corrected chi connectivity index (χ1v) is 7.16. The Balaban J connectivity index is 1.93. The van der Waals surface area contributed by atoms with E-state index in [9.17, 15) is 9.18 Å². The molecule has 0 saturated heterocycles. The molecule has 0 radical (unpaired) electrons. The second-order valence-corrected chi connectivity index (χ2v) is 5.05. The molecule has 1 aromatic carbocycles.